The van der Waals surface area contributed by atoms with E-state index in [0.717, 1.165) is 6.07 Å². The Morgan fingerprint density at radius 1 is 1.10 bits per heavy atom. The highest BCUT2D eigenvalue weighted by Crippen LogP contribution is 2.40. The van der Waals surface area contributed by atoms with Crippen LogP contribution in [0.3, 0.4) is 0 Å². The van der Waals surface area contributed by atoms with Gasteiger partial charge >= 0.3 is 0 Å². The van der Waals surface area contributed by atoms with E-state index in [-0.39, 0.29) is 17.7 Å². The Bertz CT molecular complexity index is 1100. The molecule has 0 spiro atoms. The highest BCUT2D eigenvalue weighted by Gasteiger charge is 2.46. The molecular formula is C23H18FNO4. The number of aryl methyl sites for hydroxylation is 1. The molecule has 4 rings (SSSR count). The molecule has 6 heteroatoms. The second-order valence-electron chi connectivity index (χ2n) is 6.88. The van der Waals surface area contributed by atoms with E-state index < -0.39 is 29.3 Å². The fourth-order valence-electron chi connectivity index (χ4n) is 3.49. The molecular weight excluding hydrogens is 373 g/mol. The summed E-state index contributed by atoms with van der Waals surface area (Å²) in [5, 5.41) is 10.9. The van der Waals surface area contributed by atoms with Crippen molar-refractivity contribution in [3.8, 4) is 0 Å². The summed E-state index contributed by atoms with van der Waals surface area (Å²) in [7, 11) is 0. The van der Waals surface area contributed by atoms with Crippen molar-refractivity contribution in [2.45, 2.75) is 19.5 Å². The number of nitrogens with zero attached hydrogens (tertiary/aromatic N) is 1. The molecule has 1 atom stereocenters. The van der Waals surface area contributed by atoms with Gasteiger partial charge in [-0.05, 0) is 36.2 Å². The molecule has 1 aromatic heterocycles. The van der Waals surface area contributed by atoms with Crippen molar-refractivity contribution in [1.29, 1.82) is 0 Å². The first kappa shape index (κ1) is 18.7. The minimum absolute atomic E-state index is 0.0656. The zero-order chi connectivity index (χ0) is 20.5. The number of aliphatic hydroxyl groups excluding tert-OH is 1. The maximum atomic E-state index is 14.0. The monoisotopic (exact) mass is 391 g/mol. The number of ketones is 1. The van der Waals surface area contributed by atoms with E-state index in [1.165, 1.54) is 23.3 Å². The Morgan fingerprint density at radius 2 is 1.86 bits per heavy atom. The molecule has 0 bridgehead atoms. The number of carbonyl (C=O) groups excluding carboxylic acids is 2. The maximum absolute atomic E-state index is 14.0. The maximum Gasteiger partial charge on any atom is 0.296 e. The minimum Gasteiger partial charge on any atom is -0.507 e. The van der Waals surface area contributed by atoms with E-state index in [1.807, 2.05) is 6.07 Å². The van der Waals surface area contributed by atoms with E-state index in [2.05, 4.69) is 0 Å². The third-order valence-corrected chi connectivity index (χ3v) is 5.01. The minimum atomic E-state index is -0.816. The van der Waals surface area contributed by atoms with Crippen LogP contribution in [0.1, 0.15) is 28.5 Å². The van der Waals surface area contributed by atoms with Gasteiger partial charge in [-0.2, -0.15) is 0 Å². The van der Waals surface area contributed by atoms with Gasteiger partial charge in [-0.25, -0.2) is 4.39 Å². The Balaban J connectivity index is 1.87. The van der Waals surface area contributed by atoms with E-state index >= 15 is 0 Å². The largest absolute Gasteiger partial charge is 0.507 e. The predicted molar refractivity (Wildman–Crippen MR) is 104 cm³/mol. The van der Waals surface area contributed by atoms with Crippen molar-refractivity contribution in [1.82, 2.24) is 4.90 Å². The van der Waals surface area contributed by atoms with Crippen LogP contribution in [-0.4, -0.2) is 21.7 Å². The Kier molecular flexibility index (Phi) is 4.76. The molecule has 1 fully saturated rings. The number of rotatable bonds is 4. The number of carbonyl (C=O) groups is 2. The van der Waals surface area contributed by atoms with Gasteiger partial charge in [-0.3, -0.25) is 9.59 Å². The third kappa shape index (κ3) is 3.33. The summed E-state index contributed by atoms with van der Waals surface area (Å²) in [5.41, 5.74) is 1.15. The molecule has 1 saturated heterocycles. The number of likely N-dealkylation sites (tertiary alicyclic amines) is 1. The van der Waals surface area contributed by atoms with Gasteiger partial charge in [-0.1, -0.05) is 42.5 Å². The molecule has 0 saturated carbocycles. The molecule has 2 heterocycles. The summed E-state index contributed by atoms with van der Waals surface area (Å²) >= 11 is 0. The SMILES string of the molecule is Cc1ccc(C(O)=C2C(=O)C(=O)N(Cc3ccco3)[C@@H]2c2ccccc2)cc1F. The number of furan rings is 1. The van der Waals surface area contributed by atoms with Crippen LogP contribution >= 0.6 is 0 Å². The molecule has 146 valence electrons. The number of hydrogen-bond acceptors (Lipinski definition) is 4. The van der Waals surface area contributed by atoms with Gasteiger partial charge < -0.3 is 14.4 Å². The molecule has 3 aromatic rings. The lowest BCUT2D eigenvalue weighted by Crippen LogP contribution is -2.29. The molecule has 1 aliphatic heterocycles. The lowest BCUT2D eigenvalue weighted by molar-refractivity contribution is -0.140. The zero-order valence-corrected chi connectivity index (χ0v) is 15.6. The molecule has 1 N–H and O–H groups in total. The van der Waals surface area contributed by atoms with Crippen LogP contribution in [0.4, 0.5) is 4.39 Å². The average Bonchev–Trinajstić information content (AvgIpc) is 3.32. The molecule has 1 aliphatic rings. The molecule has 29 heavy (non-hydrogen) atoms. The van der Waals surface area contributed by atoms with Crippen LogP contribution in [0.15, 0.2) is 76.9 Å². The first-order chi connectivity index (χ1) is 14.0. The standard InChI is InChI=1S/C23H18FNO4/c1-14-9-10-16(12-18(14)24)21(26)19-20(15-6-3-2-4-7-15)25(23(28)22(19)27)13-17-8-5-11-29-17/h2-12,20,26H,13H2,1H3/t20-/m1/s1. The quantitative estimate of drug-likeness (QED) is 0.408. The summed E-state index contributed by atoms with van der Waals surface area (Å²) < 4.78 is 19.4. The van der Waals surface area contributed by atoms with Crippen molar-refractivity contribution in [2.24, 2.45) is 0 Å². The van der Waals surface area contributed by atoms with Crippen molar-refractivity contribution in [3.05, 3.63) is 101 Å². The molecule has 0 radical (unpaired) electrons. The molecule has 0 aliphatic carbocycles. The second-order valence-corrected chi connectivity index (χ2v) is 6.88. The molecule has 2 aromatic carbocycles. The first-order valence-electron chi connectivity index (χ1n) is 9.09. The number of benzene rings is 2. The number of amides is 1. The van der Waals surface area contributed by atoms with Gasteiger partial charge in [0.2, 0.25) is 0 Å². The van der Waals surface area contributed by atoms with E-state index in [9.17, 15) is 19.1 Å². The number of halogens is 1. The van der Waals surface area contributed by atoms with Gasteiger partial charge in [0, 0.05) is 5.56 Å². The topological polar surface area (TPSA) is 70.8 Å². The normalized spacial score (nSPS) is 18.4. The van der Waals surface area contributed by atoms with Crippen LogP contribution in [0.25, 0.3) is 5.76 Å². The van der Waals surface area contributed by atoms with Gasteiger partial charge in [0.15, 0.2) is 0 Å². The van der Waals surface area contributed by atoms with Gasteiger partial charge in [0.25, 0.3) is 11.7 Å². The van der Waals surface area contributed by atoms with Crippen LogP contribution in [0.5, 0.6) is 0 Å². The third-order valence-electron chi connectivity index (χ3n) is 5.01. The average molecular weight is 391 g/mol. The van der Waals surface area contributed by atoms with Crippen molar-refractivity contribution in [3.63, 3.8) is 0 Å². The Labute approximate surface area is 166 Å². The fourth-order valence-corrected chi connectivity index (χ4v) is 3.49. The Morgan fingerprint density at radius 3 is 2.52 bits per heavy atom. The van der Waals surface area contributed by atoms with Crippen LogP contribution in [-0.2, 0) is 16.1 Å². The summed E-state index contributed by atoms with van der Waals surface area (Å²) in [5.74, 6) is -1.96. The zero-order valence-electron chi connectivity index (χ0n) is 15.6. The molecule has 0 unspecified atom stereocenters. The highest BCUT2D eigenvalue weighted by atomic mass is 19.1. The predicted octanol–water partition coefficient (Wildman–Crippen LogP) is 4.35. The molecule has 5 nitrogen and oxygen atoms in total. The van der Waals surface area contributed by atoms with Crippen LogP contribution in [0, 0.1) is 12.7 Å². The second kappa shape index (κ2) is 7.39. The van der Waals surface area contributed by atoms with Gasteiger partial charge in [0.1, 0.15) is 17.3 Å². The first-order valence-corrected chi connectivity index (χ1v) is 9.09. The van der Waals surface area contributed by atoms with Crippen LogP contribution in [0.2, 0.25) is 0 Å². The lowest BCUT2D eigenvalue weighted by atomic mass is 9.95. The summed E-state index contributed by atoms with van der Waals surface area (Å²) in [6, 6.07) is 15.7. The summed E-state index contributed by atoms with van der Waals surface area (Å²) in [4.78, 5) is 27.0. The fraction of sp³-hybridized carbons (Fsp3) is 0.130. The highest BCUT2D eigenvalue weighted by molar-refractivity contribution is 6.46. The smallest absolute Gasteiger partial charge is 0.296 e. The van der Waals surface area contributed by atoms with E-state index in [1.54, 1.807) is 43.3 Å². The number of aliphatic hydroxyl groups is 1. The number of Topliss-reactive ketones (excluding diaryl/α,β-unsaturated/α-hetero) is 1. The summed E-state index contributed by atoms with van der Waals surface area (Å²) in [6.07, 6.45) is 1.48. The van der Waals surface area contributed by atoms with Crippen molar-refractivity contribution < 1.29 is 23.5 Å². The number of hydrogen-bond donors (Lipinski definition) is 1. The van der Waals surface area contributed by atoms with E-state index in [0.29, 0.717) is 16.9 Å². The summed E-state index contributed by atoms with van der Waals surface area (Å²) in [6.45, 7) is 1.67. The van der Waals surface area contributed by atoms with Crippen molar-refractivity contribution >= 4 is 17.4 Å². The van der Waals surface area contributed by atoms with E-state index in [4.69, 9.17) is 4.42 Å². The van der Waals surface area contributed by atoms with Gasteiger partial charge in [-0.15, -0.1) is 0 Å². The van der Waals surface area contributed by atoms with Crippen LogP contribution < -0.4 is 0 Å². The Hall–Kier alpha value is -3.67. The lowest BCUT2D eigenvalue weighted by Gasteiger charge is -2.24. The van der Waals surface area contributed by atoms with Gasteiger partial charge in [0.05, 0.1) is 24.4 Å². The van der Waals surface area contributed by atoms with Crippen molar-refractivity contribution in [2.75, 3.05) is 0 Å². The molecule has 1 amide bonds.